The van der Waals surface area contributed by atoms with E-state index in [1.165, 1.54) is 0 Å². The molecule has 0 N–H and O–H groups in total. The summed E-state index contributed by atoms with van der Waals surface area (Å²) in [5.74, 6) is 0.849. The topological polar surface area (TPSA) is 38.8 Å². The zero-order chi connectivity index (χ0) is 22.5. The third-order valence-electron chi connectivity index (χ3n) is 4.03. The number of hydrogen-bond acceptors (Lipinski definition) is 3. The van der Waals surface area contributed by atoms with Gasteiger partial charge in [0, 0.05) is 5.54 Å². The van der Waals surface area contributed by atoms with Crippen LogP contribution in [0.3, 0.4) is 0 Å². The minimum absolute atomic E-state index is 0.0980. The lowest BCUT2D eigenvalue weighted by atomic mass is 9.97. The molecule has 164 valence electrons. The van der Waals surface area contributed by atoms with Gasteiger partial charge in [-0.3, -0.25) is 4.90 Å². The first kappa shape index (κ1) is 25.1. The third kappa shape index (κ3) is 9.38. The Bertz CT molecular complexity index is 670. The van der Waals surface area contributed by atoms with Crippen molar-refractivity contribution in [1.82, 2.24) is 4.90 Å². The van der Waals surface area contributed by atoms with E-state index in [0.29, 0.717) is 6.42 Å². The van der Waals surface area contributed by atoms with E-state index in [2.05, 4.69) is 31.2 Å². The van der Waals surface area contributed by atoms with Crippen molar-refractivity contribution < 1.29 is 14.3 Å². The van der Waals surface area contributed by atoms with Crippen LogP contribution in [0.25, 0.3) is 0 Å². The Kier molecular flexibility index (Phi) is 8.37. The summed E-state index contributed by atoms with van der Waals surface area (Å²) >= 11 is 0. The summed E-state index contributed by atoms with van der Waals surface area (Å²) in [6.45, 7) is 20.0. The van der Waals surface area contributed by atoms with Crippen molar-refractivity contribution in [2.75, 3.05) is 0 Å². The average Bonchev–Trinajstić information content (AvgIpc) is 2.49. The maximum Gasteiger partial charge on any atom is 0.411 e. The zero-order valence-electron chi connectivity index (χ0n) is 20.1. The maximum atomic E-state index is 13.1. The summed E-state index contributed by atoms with van der Waals surface area (Å²) in [6.07, 6.45) is 5.58. The Morgan fingerprint density at radius 2 is 1.52 bits per heavy atom. The van der Waals surface area contributed by atoms with Crippen LogP contribution < -0.4 is 4.74 Å². The van der Waals surface area contributed by atoms with Crippen molar-refractivity contribution in [2.45, 2.75) is 105 Å². The van der Waals surface area contributed by atoms with Crippen LogP contribution in [0.15, 0.2) is 36.4 Å². The first-order valence-electron chi connectivity index (χ1n) is 10.6. The van der Waals surface area contributed by atoms with Gasteiger partial charge in [0.2, 0.25) is 0 Å². The fraction of sp³-hybridized carbons (Fsp3) is 0.640. The number of carbonyl (C=O) groups excluding carboxylic acids is 1. The van der Waals surface area contributed by atoms with Crippen LogP contribution in [0.1, 0.15) is 81.2 Å². The number of carbonyl (C=O) groups is 1. The molecule has 0 aliphatic heterocycles. The molecular weight excluding hydrogens is 362 g/mol. The molecule has 0 spiro atoms. The van der Waals surface area contributed by atoms with Crippen LogP contribution in [0.2, 0.25) is 0 Å². The van der Waals surface area contributed by atoms with E-state index in [1.807, 2.05) is 79.3 Å². The molecule has 1 rings (SSSR count). The molecule has 4 nitrogen and oxygen atoms in total. The molecule has 1 atom stereocenters. The van der Waals surface area contributed by atoms with Crippen molar-refractivity contribution in [3.8, 4) is 5.75 Å². The van der Waals surface area contributed by atoms with Gasteiger partial charge in [-0.15, -0.1) is 0 Å². The quantitative estimate of drug-likeness (QED) is 0.492. The molecule has 4 heteroatoms. The molecule has 0 fully saturated rings. The highest BCUT2D eigenvalue weighted by atomic mass is 16.6. The average molecular weight is 404 g/mol. The number of nitrogens with zero attached hydrogens (tertiary/aromatic N) is 1. The number of allylic oxidation sites excluding steroid dienone is 1. The van der Waals surface area contributed by atoms with E-state index in [0.717, 1.165) is 17.7 Å². The Morgan fingerprint density at radius 3 is 1.93 bits per heavy atom. The van der Waals surface area contributed by atoms with Gasteiger partial charge in [0.1, 0.15) is 17.0 Å². The molecule has 1 aromatic carbocycles. The highest BCUT2D eigenvalue weighted by Crippen LogP contribution is 2.26. The lowest BCUT2D eigenvalue weighted by molar-refractivity contribution is -0.00158. The van der Waals surface area contributed by atoms with Gasteiger partial charge >= 0.3 is 6.09 Å². The number of ether oxygens (including phenoxy) is 2. The molecule has 0 saturated heterocycles. The molecular formula is C25H41NO3. The maximum absolute atomic E-state index is 13.1. The molecule has 0 aromatic heterocycles. The van der Waals surface area contributed by atoms with Gasteiger partial charge in [-0.2, -0.15) is 0 Å². The second-order valence-corrected chi connectivity index (χ2v) is 10.5. The highest BCUT2D eigenvalue weighted by molar-refractivity contribution is 5.70. The Balaban J connectivity index is 3.15. The molecule has 0 aliphatic rings. The van der Waals surface area contributed by atoms with E-state index in [9.17, 15) is 4.79 Å². The van der Waals surface area contributed by atoms with E-state index >= 15 is 0 Å². The SMILES string of the molecule is CC/C=C\[C@H](Cc1ccc(OC(C)(C)C)cc1)N(C(=O)OC(C)(C)C)C(C)(C)C. The Hall–Kier alpha value is -1.97. The van der Waals surface area contributed by atoms with Crippen molar-refractivity contribution in [1.29, 1.82) is 0 Å². The van der Waals surface area contributed by atoms with Crippen LogP contribution in [0, 0.1) is 0 Å². The number of rotatable bonds is 6. The summed E-state index contributed by atoms with van der Waals surface area (Å²) in [7, 11) is 0. The van der Waals surface area contributed by atoms with Gasteiger partial charge in [0.05, 0.1) is 6.04 Å². The molecule has 0 saturated carbocycles. The zero-order valence-corrected chi connectivity index (χ0v) is 20.1. The van der Waals surface area contributed by atoms with E-state index in [4.69, 9.17) is 9.47 Å². The fourth-order valence-corrected chi connectivity index (χ4v) is 3.05. The minimum Gasteiger partial charge on any atom is -0.488 e. The molecule has 1 aromatic rings. The van der Waals surface area contributed by atoms with Crippen LogP contribution in [-0.4, -0.2) is 33.8 Å². The predicted molar refractivity (Wildman–Crippen MR) is 122 cm³/mol. The van der Waals surface area contributed by atoms with Gasteiger partial charge in [-0.1, -0.05) is 31.2 Å². The lowest BCUT2D eigenvalue weighted by Gasteiger charge is -2.41. The first-order valence-corrected chi connectivity index (χ1v) is 10.6. The fourth-order valence-electron chi connectivity index (χ4n) is 3.05. The predicted octanol–water partition coefficient (Wildman–Crippen LogP) is 6.78. The number of benzene rings is 1. The van der Waals surface area contributed by atoms with Crippen LogP contribution in [0.4, 0.5) is 4.79 Å². The summed E-state index contributed by atoms with van der Waals surface area (Å²) in [4.78, 5) is 14.9. The number of hydrogen-bond donors (Lipinski definition) is 0. The summed E-state index contributed by atoms with van der Waals surface area (Å²) in [5.41, 5.74) is 0.00868. The van der Waals surface area contributed by atoms with Crippen molar-refractivity contribution >= 4 is 6.09 Å². The Morgan fingerprint density at radius 1 is 0.966 bits per heavy atom. The largest absolute Gasteiger partial charge is 0.488 e. The third-order valence-corrected chi connectivity index (χ3v) is 4.03. The molecule has 1 amide bonds. The van der Waals surface area contributed by atoms with E-state index in [1.54, 1.807) is 0 Å². The van der Waals surface area contributed by atoms with Gasteiger partial charge in [0.25, 0.3) is 0 Å². The lowest BCUT2D eigenvalue weighted by Crippen LogP contribution is -2.53. The van der Waals surface area contributed by atoms with E-state index in [-0.39, 0.29) is 23.3 Å². The molecule has 0 unspecified atom stereocenters. The van der Waals surface area contributed by atoms with Crippen molar-refractivity contribution in [3.05, 3.63) is 42.0 Å². The smallest absolute Gasteiger partial charge is 0.411 e. The molecule has 0 aliphatic carbocycles. The molecule has 29 heavy (non-hydrogen) atoms. The molecule has 0 bridgehead atoms. The minimum atomic E-state index is -0.536. The van der Waals surface area contributed by atoms with Crippen LogP contribution >= 0.6 is 0 Å². The van der Waals surface area contributed by atoms with Gasteiger partial charge in [0.15, 0.2) is 0 Å². The van der Waals surface area contributed by atoms with E-state index < -0.39 is 5.60 Å². The summed E-state index contributed by atoms with van der Waals surface area (Å²) in [6, 6.07) is 8.04. The first-order chi connectivity index (χ1) is 13.1. The van der Waals surface area contributed by atoms with Crippen molar-refractivity contribution in [2.24, 2.45) is 0 Å². The molecule has 0 radical (unpaired) electrons. The monoisotopic (exact) mass is 403 g/mol. The highest BCUT2D eigenvalue weighted by Gasteiger charge is 2.35. The summed E-state index contributed by atoms with van der Waals surface area (Å²) < 4.78 is 11.7. The van der Waals surface area contributed by atoms with Gasteiger partial charge in [-0.05, 0) is 92.9 Å². The van der Waals surface area contributed by atoms with Gasteiger partial charge in [-0.25, -0.2) is 4.79 Å². The number of amides is 1. The van der Waals surface area contributed by atoms with Crippen molar-refractivity contribution in [3.63, 3.8) is 0 Å². The van der Waals surface area contributed by atoms with Crippen LogP contribution in [0.5, 0.6) is 5.75 Å². The van der Waals surface area contributed by atoms with Crippen LogP contribution in [-0.2, 0) is 11.2 Å². The van der Waals surface area contributed by atoms with Gasteiger partial charge < -0.3 is 9.47 Å². The molecule has 0 heterocycles. The normalized spacial score (nSPS) is 14.0. The Labute approximate surface area is 178 Å². The standard InChI is InChI=1S/C25H41NO3/c1-11-12-13-20(26(23(2,3)4)22(27)29-25(8,9)10)18-19-14-16-21(17-15-19)28-24(5,6)7/h12-17,20H,11,18H2,1-10H3/b13-12-/t20-/m1/s1. The second-order valence-electron chi connectivity index (χ2n) is 10.5. The summed E-state index contributed by atoms with van der Waals surface area (Å²) in [5, 5.41) is 0. The second kappa shape index (κ2) is 9.69.